The molecule has 3 aromatic heterocycles. The summed E-state index contributed by atoms with van der Waals surface area (Å²) in [4.78, 5) is 17.0. The summed E-state index contributed by atoms with van der Waals surface area (Å²) in [5, 5.41) is 3.74. The SMILES string of the molecule is COc1ccc2ncc(F)c(CCN3[C@@H]4CC[C@H]3CC(NCc3cc5c(cn3)OCS5)C4)c2n1.Cl. The fraction of sp³-hybridized carbons (Fsp3) is 0.480. The summed E-state index contributed by atoms with van der Waals surface area (Å²) < 4.78 is 25.5. The fourth-order valence-corrected chi connectivity index (χ4v) is 6.45. The molecule has 0 radical (unpaired) electrons. The number of fused-ring (bicyclic) bond motifs is 4. The average Bonchev–Trinajstić information content (AvgIpc) is 3.42. The predicted molar refractivity (Wildman–Crippen MR) is 136 cm³/mol. The van der Waals surface area contributed by atoms with Gasteiger partial charge in [0.2, 0.25) is 5.88 Å². The molecule has 35 heavy (non-hydrogen) atoms. The molecule has 3 aliphatic rings. The van der Waals surface area contributed by atoms with E-state index < -0.39 is 0 Å². The highest BCUT2D eigenvalue weighted by Gasteiger charge is 2.40. The number of ether oxygens (including phenoxy) is 2. The highest BCUT2D eigenvalue weighted by atomic mass is 35.5. The standard InChI is InChI=1S/C25H28FN5O2S.ClH/c1-32-24-5-4-21-25(30-24)19(20(26)12-29-21)6-7-31-17-2-3-18(31)9-15(8-17)27-11-16-10-23-22(13-28-16)33-14-34-23;/h4-5,10,12-13,15,17-18,27H,2-3,6-9,11,14H2,1H3;1H/t15?,17-,18+;. The van der Waals surface area contributed by atoms with Crippen LogP contribution in [0.4, 0.5) is 4.39 Å². The quantitative estimate of drug-likeness (QED) is 0.495. The summed E-state index contributed by atoms with van der Waals surface area (Å²) in [7, 11) is 1.57. The molecule has 2 saturated heterocycles. The zero-order valence-electron chi connectivity index (χ0n) is 19.6. The summed E-state index contributed by atoms with van der Waals surface area (Å²) in [5.74, 6) is 1.77. The number of nitrogens with one attached hydrogen (secondary N) is 1. The van der Waals surface area contributed by atoms with Gasteiger partial charge in [-0.1, -0.05) is 11.8 Å². The number of thioether (sulfide) groups is 1. The molecule has 0 saturated carbocycles. The van der Waals surface area contributed by atoms with E-state index in [-0.39, 0.29) is 18.2 Å². The van der Waals surface area contributed by atoms with Gasteiger partial charge in [0.15, 0.2) is 5.75 Å². The molecular formula is C25H29ClFN5O2S. The second-order valence-electron chi connectivity index (χ2n) is 9.26. The Bertz CT molecular complexity index is 1200. The van der Waals surface area contributed by atoms with Crippen molar-refractivity contribution in [3.8, 4) is 11.6 Å². The maximum Gasteiger partial charge on any atom is 0.213 e. The molecule has 6 rings (SSSR count). The van der Waals surface area contributed by atoms with Crippen molar-refractivity contribution in [1.82, 2.24) is 25.2 Å². The van der Waals surface area contributed by atoms with Crippen LogP contribution in [0.1, 0.15) is 36.9 Å². The number of pyridine rings is 3. The number of hydrogen-bond acceptors (Lipinski definition) is 8. The van der Waals surface area contributed by atoms with Crippen LogP contribution in [0, 0.1) is 5.82 Å². The Morgan fingerprint density at radius 2 is 2.03 bits per heavy atom. The number of nitrogens with zero attached hydrogens (tertiary/aromatic N) is 4. The Hall–Kier alpha value is -2.20. The van der Waals surface area contributed by atoms with Crippen LogP contribution in [-0.4, -0.2) is 57.6 Å². The third kappa shape index (κ3) is 4.91. The van der Waals surface area contributed by atoms with Gasteiger partial charge in [-0.3, -0.25) is 14.9 Å². The van der Waals surface area contributed by atoms with Gasteiger partial charge in [0, 0.05) is 42.8 Å². The van der Waals surface area contributed by atoms with Crippen molar-refractivity contribution in [2.45, 2.75) is 61.7 Å². The molecule has 0 amide bonds. The molecule has 7 nitrogen and oxygen atoms in total. The first kappa shape index (κ1) is 24.5. The van der Waals surface area contributed by atoms with Gasteiger partial charge in [-0.2, -0.15) is 0 Å². The first-order chi connectivity index (χ1) is 16.7. The largest absolute Gasteiger partial charge is 0.481 e. The van der Waals surface area contributed by atoms with Crippen molar-refractivity contribution in [3.05, 3.63) is 47.7 Å². The minimum atomic E-state index is -0.289. The molecule has 3 atom stereocenters. The number of aromatic nitrogens is 3. The van der Waals surface area contributed by atoms with Crippen LogP contribution in [0.15, 0.2) is 35.5 Å². The van der Waals surface area contributed by atoms with Crippen LogP contribution in [0.3, 0.4) is 0 Å². The van der Waals surface area contributed by atoms with Crippen molar-refractivity contribution in [2.24, 2.45) is 0 Å². The number of methoxy groups -OCH3 is 1. The Kier molecular flexibility index (Phi) is 7.29. The molecule has 0 aliphatic carbocycles. The van der Waals surface area contributed by atoms with E-state index in [9.17, 15) is 4.39 Å². The predicted octanol–water partition coefficient (Wildman–Crippen LogP) is 4.36. The molecule has 2 bridgehead atoms. The summed E-state index contributed by atoms with van der Waals surface area (Å²) in [5.41, 5.74) is 3.00. The van der Waals surface area contributed by atoms with Crippen LogP contribution >= 0.6 is 24.2 Å². The highest BCUT2D eigenvalue weighted by Crippen LogP contribution is 2.37. The van der Waals surface area contributed by atoms with Gasteiger partial charge in [0.25, 0.3) is 0 Å². The highest BCUT2D eigenvalue weighted by molar-refractivity contribution is 7.99. The molecule has 1 unspecified atom stereocenters. The summed E-state index contributed by atoms with van der Waals surface area (Å²) in [6, 6.07) is 7.29. The van der Waals surface area contributed by atoms with Crippen LogP contribution < -0.4 is 14.8 Å². The molecule has 186 valence electrons. The van der Waals surface area contributed by atoms with E-state index in [0.29, 0.717) is 53.0 Å². The lowest BCUT2D eigenvalue weighted by Crippen LogP contribution is -2.49. The van der Waals surface area contributed by atoms with Crippen molar-refractivity contribution < 1.29 is 13.9 Å². The molecule has 3 aliphatic heterocycles. The molecule has 0 spiro atoms. The van der Waals surface area contributed by atoms with E-state index in [2.05, 4.69) is 31.2 Å². The first-order valence-corrected chi connectivity index (χ1v) is 12.9. The number of halogens is 2. The average molecular weight is 518 g/mol. The Labute approximate surface area is 214 Å². The molecule has 3 aromatic rings. The van der Waals surface area contributed by atoms with Crippen molar-refractivity contribution in [2.75, 3.05) is 19.6 Å². The second kappa shape index (κ2) is 10.4. The molecule has 2 fully saturated rings. The first-order valence-electron chi connectivity index (χ1n) is 11.9. The van der Waals surface area contributed by atoms with Gasteiger partial charge in [-0.25, -0.2) is 9.37 Å². The van der Waals surface area contributed by atoms with Gasteiger partial charge >= 0.3 is 0 Å². The lowest BCUT2D eigenvalue weighted by atomic mass is 9.96. The maximum absolute atomic E-state index is 14.7. The van der Waals surface area contributed by atoms with E-state index in [4.69, 9.17) is 9.47 Å². The molecule has 6 heterocycles. The lowest BCUT2D eigenvalue weighted by Gasteiger charge is -2.39. The van der Waals surface area contributed by atoms with E-state index in [0.717, 1.165) is 37.4 Å². The molecule has 0 aromatic carbocycles. The Morgan fingerprint density at radius 1 is 1.20 bits per heavy atom. The van der Waals surface area contributed by atoms with Gasteiger partial charge in [-0.15, -0.1) is 12.4 Å². The minimum absolute atomic E-state index is 0. The lowest BCUT2D eigenvalue weighted by molar-refractivity contribution is 0.117. The van der Waals surface area contributed by atoms with Gasteiger partial charge in [-0.05, 0) is 44.2 Å². The smallest absolute Gasteiger partial charge is 0.213 e. The monoisotopic (exact) mass is 517 g/mol. The molecule has 10 heteroatoms. The zero-order valence-corrected chi connectivity index (χ0v) is 21.2. The van der Waals surface area contributed by atoms with E-state index in [1.165, 1.54) is 23.9 Å². The topological polar surface area (TPSA) is 72.4 Å². The summed E-state index contributed by atoms with van der Waals surface area (Å²) >= 11 is 1.72. The van der Waals surface area contributed by atoms with Crippen molar-refractivity contribution >= 4 is 35.2 Å². The summed E-state index contributed by atoms with van der Waals surface area (Å²) in [6.07, 6.45) is 8.42. The number of hydrogen-bond donors (Lipinski definition) is 1. The Balaban J connectivity index is 0.00000253. The third-order valence-corrected chi connectivity index (χ3v) is 8.21. The minimum Gasteiger partial charge on any atom is -0.481 e. The fourth-order valence-electron chi connectivity index (χ4n) is 5.66. The normalized spacial score (nSPS) is 23.1. The van der Waals surface area contributed by atoms with Gasteiger partial charge < -0.3 is 14.8 Å². The third-order valence-electron chi connectivity index (χ3n) is 7.34. The van der Waals surface area contributed by atoms with E-state index in [1.807, 2.05) is 12.3 Å². The van der Waals surface area contributed by atoms with Crippen LogP contribution in [0.25, 0.3) is 11.0 Å². The number of piperidine rings is 1. The van der Waals surface area contributed by atoms with Crippen LogP contribution in [0.5, 0.6) is 11.6 Å². The number of rotatable bonds is 7. The molecular weight excluding hydrogens is 489 g/mol. The van der Waals surface area contributed by atoms with Crippen molar-refractivity contribution in [3.63, 3.8) is 0 Å². The van der Waals surface area contributed by atoms with E-state index >= 15 is 0 Å². The van der Waals surface area contributed by atoms with Gasteiger partial charge in [0.1, 0.15) is 11.8 Å². The van der Waals surface area contributed by atoms with Crippen LogP contribution in [-0.2, 0) is 13.0 Å². The Morgan fingerprint density at radius 3 is 2.83 bits per heavy atom. The van der Waals surface area contributed by atoms with Crippen molar-refractivity contribution in [1.29, 1.82) is 0 Å². The maximum atomic E-state index is 14.7. The molecule has 1 N–H and O–H groups in total. The second-order valence-corrected chi connectivity index (χ2v) is 10.2. The summed E-state index contributed by atoms with van der Waals surface area (Å²) in [6.45, 7) is 1.61. The van der Waals surface area contributed by atoms with Crippen LogP contribution in [0.2, 0.25) is 0 Å². The zero-order chi connectivity index (χ0) is 23.1. The van der Waals surface area contributed by atoms with Gasteiger partial charge in [0.05, 0.1) is 41.1 Å². The van der Waals surface area contributed by atoms with E-state index in [1.54, 1.807) is 24.9 Å².